The van der Waals surface area contributed by atoms with Crippen molar-refractivity contribution in [1.82, 2.24) is 0 Å². The van der Waals surface area contributed by atoms with Gasteiger partial charge in [0.05, 0.1) is 0 Å². The molecule has 22 heavy (non-hydrogen) atoms. The summed E-state index contributed by atoms with van der Waals surface area (Å²) in [6.07, 6.45) is -0.126. The van der Waals surface area contributed by atoms with Crippen molar-refractivity contribution >= 4 is 11.6 Å². The Labute approximate surface area is 127 Å². The summed E-state index contributed by atoms with van der Waals surface area (Å²) >= 11 is 0. The van der Waals surface area contributed by atoms with E-state index in [2.05, 4.69) is 5.32 Å². The molecule has 3 nitrogen and oxygen atoms in total. The van der Waals surface area contributed by atoms with Crippen molar-refractivity contribution < 1.29 is 18.3 Å². The maximum absolute atomic E-state index is 13.5. The van der Waals surface area contributed by atoms with Gasteiger partial charge in [-0.2, -0.15) is 0 Å². The van der Waals surface area contributed by atoms with Gasteiger partial charge < -0.3 is 10.1 Å². The number of hydrogen-bond acceptors (Lipinski definition) is 2. The molecule has 0 saturated heterocycles. The van der Waals surface area contributed by atoms with Crippen LogP contribution in [0.5, 0.6) is 5.75 Å². The van der Waals surface area contributed by atoms with E-state index in [1.807, 2.05) is 19.1 Å². The van der Waals surface area contributed by atoms with E-state index in [4.69, 9.17) is 4.74 Å². The zero-order valence-electron chi connectivity index (χ0n) is 12.4. The number of anilines is 1. The molecule has 2 aromatic rings. The van der Waals surface area contributed by atoms with Crippen LogP contribution in [0.3, 0.4) is 0 Å². The van der Waals surface area contributed by atoms with Gasteiger partial charge in [0, 0.05) is 0 Å². The lowest BCUT2D eigenvalue weighted by Gasteiger charge is -2.17. The third kappa shape index (κ3) is 3.61. The first-order valence-corrected chi connectivity index (χ1v) is 7.02. The number of nitrogens with one attached hydrogen (secondary N) is 1. The van der Waals surface area contributed by atoms with Crippen LogP contribution in [-0.4, -0.2) is 12.0 Å². The molecule has 1 atom stereocenters. The summed E-state index contributed by atoms with van der Waals surface area (Å²) in [6.45, 7) is 3.50. The molecule has 2 aromatic carbocycles. The minimum atomic E-state index is -0.883. The summed E-state index contributed by atoms with van der Waals surface area (Å²) < 4.78 is 32.6. The molecule has 0 aromatic heterocycles. The van der Waals surface area contributed by atoms with E-state index in [0.717, 1.165) is 24.1 Å². The number of hydrogen-bond donors (Lipinski definition) is 1. The number of aryl methyl sites for hydroxylation is 1. The number of benzene rings is 2. The summed E-state index contributed by atoms with van der Waals surface area (Å²) in [5.41, 5.74) is 0.492. The number of rotatable bonds is 5. The predicted octanol–water partition coefficient (Wildman–Crippen LogP) is 3.93. The second-order valence-electron chi connectivity index (χ2n) is 4.81. The van der Waals surface area contributed by atoms with Crippen LogP contribution in [0.2, 0.25) is 0 Å². The molecule has 0 saturated carbocycles. The predicted molar refractivity (Wildman–Crippen MR) is 80.9 cm³/mol. The molecule has 2 rings (SSSR count). The zero-order chi connectivity index (χ0) is 16.1. The quantitative estimate of drug-likeness (QED) is 0.909. The highest BCUT2D eigenvalue weighted by Crippen LogP contribution is 2.21. The topological polar surface area (TPSA) is 38.3 Å². The number of amides is 1. The standard InChI is InChI=1S/C17H17F2NO2/c1-3-12-7-4-5-10-15(12)22-11(2)17(21)20-16-13(18)8-6-9-14(16)19/h4-11H,3H2,1-2H3,(H,20,21)/t11-/m0/s1. The molecule has 0 fully saturated rings. The van der Waals surface area contributed by atoms with Crippen molar-refractivity contribution in [1.29, 1.82) is 0 Å². The van der Waals surface area contributed by atoms with E-state index in [1.54, 1.807) is 12.1 Å². The van der Waals surface area contributed by atoms with E-state index in [0.29, 0.717) is 5.75 Å². The minimum absolute atomic E-state index is 0.466. The molecule has 116 valence electrons. The lowest BCUT2D eigenvalue weighted by Crippen LogP contribution is -2.31. The van der Waals surface area contributed by atoms with Crippen LogP contribution < -0.4 is 10.1 Å². The highest BCUT2D eigenvalue weighted by atomic mass is 19.1. The van der Waals surface area contributed by atoms with E-state index in [-0.39, 0.29) is 0 Å². The maximum Gasteiger partial charge on any atom is 0.265 e. The van der Waals surface area contributed by atoms with Gasteiger partial charge in [0.1, 0.15) is 23.1 Å². The number of ether oxygens (including phenoxy) is 1. The van der Waals surface area contributed by atoms with Crippen LogP contribution in [0.25, 0.3) is 0 Å². The number of para-hydroxylation sites is 2. The molecular formula is C17H17F2NO2. The molecule has 1 amide bonds. The monoisotopic (exact) mass is 305 g/mol. The average molecular weight is 305 g/mol. The first kappa shape index (κ1) is 15.9. The van der Waals surface area contributed by atoms with E-state index >= 15 is 0 Å². The van der Waals surface area contributed by atoms with Gasteiger partial charge in [-0.15, -0.1) is 0 Å². The molecule has 0 heterocycles. The highest BCUT2D eigenvalue weighted by Gasteiger charge is 2.19. The largest absolute Gasteiger partial charge is 0.481 e. The Morgan fingerprint density at radius 1 is 1.14 bits per heavy atom. The lowest BCUT2D eigenvalue weighted by molar-refractivity contribution is -0.122. The van der Waals surface area contributed by atoms with Crippen molar-refractivity contribution in [2.45, 2.75) is 26.4 Å². The first-order valence-electron chi connectivity index (χ1n) is 7.02. The van der Waals surface area contributed by atoms with Crippen LogP contribution in [-0.2, 0) is 11.2 Å². The number of halogens is 2. The third-order valence-corrected chi connectivity index (χ3v) is 3.24. The molecule has 0 aliphatic rings. The summed E-state index contributed by atoms with van der Waals surface area (Å²) in [7, 11) is 0. The van der Waals surface area contributed by atoms with Crippen LogP contribution >= 0.6 is 0 Å². The molecule has 0 aliphatic carbocycles. The van der Waals surface area contributed by atoms with Crippen LogP contribution in [0.15, 0.2) is 42.5 Å². The van der Waals surface area contributed by atoms with Gasteiger partial charge in [-0.3, -0.25) is 4.79 Å². The Morgan fingerprint density at radius 2 is 1.77 bits per heavy atom. The fraction of sp³-hybridized carbons (Fsp3) is 0.235. The molecule has 1 N–H and O–H groups in total. The molecular weight excluding hydrogens is 288 g/mol. The van der Waals surface area contributed by atoms with Gasteiger partial charge in [-0.25, -0.2) is 8.78 Å². The van der Waals surface area contributed by atoms with Crippen LogP contribution in [0.4, 0.5) is 14.5 Å². The zero-order valence-corrected chi connectivity index (χ0v) is 12.4. The number of carbonyl (C=O) groups excluding carboxylic acids is 1. The summed E-state index contributed by atoms with van der Waals surface area (Å²) in [5.74, 6) is -1.68. The summed E-state index contributed by atoms with van der Waals surface area (Å²) in [4.78, 5) is 12.1. The van der Waals surface area contributed by atoms with Crippen molar-refractivity contribution in [3.8, 4) is 5.75 Å². The van der Waals surface area contributed by atoms with Crippen molar-refractivity contribution in [2.75, 3.05) is 5.32 Å². The molecule has 0 radical (unpaired) electrons. The Balaban J connectivity index is 2.10. The Morgan fingerprint density at radius 3 is 2.41 bits per heavy atom. The maximum atomic E-state index is 13.5. The van der Waals surface area contributed by atoms with Crippen molar-refractivity contribution in [3.05, 3.63) is 59.7 Å². The Kier molecular flexibility index (Phi) is 5.09. The van der Waals surface area contributed by atoms with E-state index < -0.39 is 29.3 Å². The third-order valence-electron chi connectivity index (χ3n) is 3.24. The van der Waals surface area contributed by atoms with Crippen LogP contribution in [0.1, 0.15) is 19.4 Å². The first-order chi connectivity index (χ1) is 10.5. The highest BCUT2D eigenvalue weighted by molar-refractivity contribution is 5.94. The lowest BCUT2D eigenvalue weighted by atomic mass is 10.1. The van der Waals surface area contributed by atoms with Gasteiger partial charge in [-0.05, 0) is 37.1 Å². The van der Waals surface area contributed by atoms with Gasteiger partial charge >= 0.3 is 0 Å². The SMILES string of the molecule is CCc1ccccc1O[C@@H](C)C(=O)Nc1c(F)cccc1F. The molecule has 0 aliphatic heterocycles. The van der Waals surface area contributed by atoms with Gasteiger partial charge in [0.15, 0.2) is 6.10 Å². The van der Waals surface area contributed by atoms with Crippen molar-refractivity contribution in [2.24, 2.45) is 0 Å². The van der Waals surface area contributed by atoms with Crippen molar-refractivity contribution in [3.63, 3.8) is 0 Å². The minimum Gasteiger partial charge on any atom is -0.481 e. The van der Waals surface area contributed by atoms with Gasteiger partial charge in [0.25, 0.3) is 5.91 Å². The van der Waals surface area contributed by atoms with E-state index in [9.17, 15) is 13.6 Å². The van der Waals surface area contributed by atoms with E-state index in [1.165, 1.54) is 13.0 Å². The second kappa shape index (κ2) is 7.02. The fourth-order valence-corrected chi connectivity index (χ4v) is 2.00. The molecule has 0 unspecified atom stereocenters. The molecule has 0 bridgehead atoms. The molecule has 5 heteroatoms. The second-order valence-corrected chi connectivity index (χ2v) is 4.81. The summed E-state index contributed by atoms with van der Waals surface area (Å²) in [6, 6.07) is 10.7. The smallest absolute Gasteiger partial charge is 0.265 e. The fourth-order valence-electron chi connectivity index (χ4n) is 2.00. The van der Waals surface area contributed by atoms with Crippen LogP contribution in [0, 0.1) is 11.6 Å². The Hall–Kier alpha value is -2.43. The van der Waals surface area contributed by atoms with Gasteiger partial charge in [-0.1, -0.05) is 31.2 Å². The molecule has 0 spiro atoms. The van der Waals surface area contributed by atoms with Gasteiger partial charge in [0.2, 0.25) is 0 Å². The Bertz CT molecular complexity index is 653. The summed E-state index contributed by atoms with van der Waals surface area (Å²) in [5, 5.41) is 2.22. The average Bonchev–Trinajstić information content (AvgIpc) is 2.51. The number of carbonyl (C=O) groups is 1. The normalized spacial score (nSPS) is 11.8.